The standard InChI is InChI=1S/C19H26N4O2S/c1-3-4-14(2)23-13-19(25-18(23)24)7-9-22(10-8-19)12-15-5-6-16-17(11-15)21-26-20-16/h5-6,11,14H,3-4,7-10,12-13H2,1-2H3/t14-/m0/s1. The predicted octanol–water partition coefficient (Wildman–Crippen LogP) is 3.67. The molecule has 3 heterocycles. The number of benzene rings is 1. The molecule has 1 atom stereocenters. The maximum Gasteiger partial charge on any atom is 0.410 e. The van der Waals surface area contributed by atoms with Gasteiger partial charge in [0.05, 0.1) is 18.3 Å². The quantitative estimate of drug-likeness (QED) is 0.799. The van der Waals surface area contributed by atoms with E-state index in [1.807, 2.05) is 11.0 Å². The highest BCUT2D eigenvalue weighted by Gasteiger charge is 2.47. The third-order valence-electron chi connectivity index (χ3n) is 5.73. The van der Waals surface area contributed by atoms with Crippen molar-refractivity contribution in [1.29, 1.82) is 0 Å². The van der Waals surface area contributed by atoms with Crippen molar-refractivity contribution in [3.05, 3.63) is 23.8 Å². The van der Waals surface area contributed by atoms with Crippen LogP contribution in [0.2, 0.25) is 0 Å². The number of likely N-dealkylation sites (tertiary alicyclic amines) is 1. The molecule has 4 rings (SSSR count). The van der Waals surface area contributed by atoms with E-state index in [-0.39, 0.29) is 17.7 Å². The number of aromatic nitrogens is 2. The fraction of sp³-hybridized carbons (Fsp3) is 0.632. The number of rotatable bonds is 5. The Morgan fingerprint density at radius 2 is 2.04 bits per heavy atom. The first-order chi connectivity index (χ1) is 12.6. The number of amides is 1. The SMILES string of the molecule is CCC[C@H](C)N1CC2(CCN(Cc3ccc4nsnc4c3)CC2)OC1=O. The topological polar surface area (TPSA) is 58.6 Å². The minimum absolute atomic E-state index is 0.124. The van der Waals surface area contributed by atoms with Gasteiger partial charge in [-0.05, 0) is 31.0 Å². The molecule has 2 aliphatic heterocycles. The Balaban J connectivity index is 1.36. The zero-order valence-corrected chi connectivity index (χ0v) is 16.3. The molecule has 140 valence electrons. The van der Waals surface area contributed by atoms with Crippen molar-refractivity contribution >= 4 is 28.9 Å². The van der Waals surface area contributed by atoms with Crippen molar-refractivity contribution in [2.45, 2.75) is 57.7 Å². The molecule has 0 unspecified atom stereocenters. The highest BCUT2D eigenvalue weighted by Crippen LogP contribution is 2.35. The third kappa shape index (κ3) is 3.42. The molecule has 2 aromatic rings. The number of nitrogens with zero attached hydrogens (tertiary/aromatic N) is 4. The second-order valence-corrected chi connectivity index (χ2v) is 8.21. The molecule has 1 amide bonds. The van der Waals surface area contributed by atoms with Crippen molar-refractivity contribution < 1.29 is 9.53 Å². The molecule has 0 bridgehead atoms. The average molecular weight is 375 g/mol. The van der Waals surface area contributed by atoms with E-state index in [4.69, 9.17) is 4.74 Å². The van der Waals surface area contributed by atoms with Crippen LogP contribution in [0.15, 0.2) is 18.2 Å². The van der Waals surface area contributed by atoms with E-state index in [0.717, 1.165) is 62.9 Å². The summed E-state index contributed by atoms with van der Waals surface area (Å²) in [5.74, 6) is 0. The highest BCUT2D eigenvalue weighted by molar-refractivity contribution is 7.00. The second kappa shape index (κ2) is 7.12. The van der Waals surface area contributed by atoms with Gasteiger partial charge in [-0.25, -0.2) is 4.79 Å². The van der Waals surface area contributed by atoms with E-state index in [9.17, 15) is 4.79 Å². The molecule has 1 spiro atoms. The Hall–Kier alpha value is -1.73. The van der Waals surface area contributed by atoms with Crippen LogP contribution < -0.4 is 0 Å². The number of piperidine rings is 1. The first-order valence-electron chi connectivity index (χ1n) is 9.52. The summed E-state index contributed by atoms with van der Waals surface area (Å²) in [7, 11) is 0. The van der Waals surface area contributed by atoms with E-state index in [1.54, 1.807) is 0 Å². The van der Waals surface area contributed by atoms with Gasteiger partial charge < -0.3 is 9.64 Å². The monoisotopic (exact) mass is 374 g/mol. The van der Waals surface area contributed by atoms with Crippen LogP contribution in [0, 0.1) is 0 Å². The first kappa shape index (κ1) is 17.7. The fourth-order valence-corrected chi connectivity index (χ4v) is 4.64. The largest absolute Gasteiger partial charge is 0.441 e. The van der Waals surface area contributed by atoms with Crippen LogP contribution in [0.1, 0.15) is 45.1 Å². The molecule has 0 saturated carbocycles. The molecule has 7 heteroatoms. The molecule has 26 heavy (non-hydrogen) atoms. The minimum Gasteiger partial charge on any atom is -0.441 e. The third-order valence-corrected chi connectivity index (χ3v) is 6.28. The molecule has 1 aromatic carbocycles. The summed E-state index contributed by atoms with van der Waals surface area (Å²) in [6.07, 6.45) is 3.82. The maximum absolute atomic E-state index is 12.3. The second-order valence-electron chi connectivity index (χ2n) is 7.68. The van der Waals surface area contributed by atoms with Gasteiger partial charge in [-0.15, -0.1) is 0 Å². The van der Waals surface area contributed by atoms with Crippen molar-refractivity contribution in [3.8, 4) is 0 Å². The normalized spacial score (nSPS) is 21.5. The number of carbonyl (C=O) groups excluding carboxylic acids is 1. The molecule has 1 aromatic heterocycles. The van der Waals surface area contributed by atoms with Crippen LogP contribution in [-0.2, 0) is 11.3 Å². The highest BCUT2D eigenvalue weighted by atomic mass is 32.1. The number of hydrogen-bond donors (Lipinski definition) is 0. The Morgan fingerprint density at radius 1 is 1.27 bits per heavy atom. The number of carbonyl (C=O) groups is 1. The van der Waals surface area contributed by atoms with Gasteiger partial charge in [-0.3, -0.25) is 4.90 Å². The van der Waals surface area contributed by atoms with Crippen LogP contribution in [0.25, 0.3) is 11.0 Å². The van der Waals surface area contributed by atoms with E-state index in [0.29, 0.717) is 0 Å². The lowest BCUT2D eigenvalue weighted by Gasteiger charge is -2.37. The summed E-state index contributed by atoms with van der Waals surface area (Å²) in [6, 6.07) is 6.58. The lowest BCUT2D eigenvalue weighted by Crippen LogP contribution is -2.47. The maximum atomic E-state index is 12.3. The summed E-state index contributed by atoms with van der Waals surface area (Å²) in [5.41, 5.74) is 2.93. The van der Waals surface area contributed by atoms with Gasteiger partial charge in [0.15, 0.2) is 0 Å². The minimum atomic E-state index is -0.279. The number of ether oxygens (including phenoxy) is 1. The molecular formula is C19H26N4O2S. The van der Waals surface area contributed by atoms with Crippen molar-refractivity contribution in [1.82, 2.24) is 18.5 Å². The number of hydrogen-bond acceptors (Lipinski definition) is 6. The zero-order chi connectivity index (χ0) is 18.1. The van der Waals surface area contributed by atoms with Crippen LogP contribution in [0.4, 0.5) is 4.79 Å². The van der Waals surface area contributed by atoms with Gasteiger partial charge in [0.1, 0.15) is 16.6 Å². The Kier molecular flexibility index (Phi) is 4.84. The summed E-state index contributed by atoms with van der Waals surface area (Å²) in [6.45, 7) is 7.85. The van der Waals surface area contributed by atoms with Crippen molar-refractivity contribution in [3.63, 3.8) is 0 Å². The van der Waals surface area contributed by atoms with Gasteiger partial charge in [-0.2, -0.15) is 8.75 Å². The fourth-order valence-electron chi connectivity index (χ4n) is 4.12. The van der Waals surface area contributed by atoms with Gasteiger partial charge >= 0.3 is 6.09 Å². The number of fused-ring (bicyclic) bond motifs is 1. The van der Waals surface area contributed by atoms with E-state index in [1.165, 1.54) is 17.3 Å². The van der Waals surface area contributed by atoms with Gasteiger partial charge in [0.2, 0.25) is 0 Å². The van der Waals surface area contributed by atoms with Crippen LogP contribution in [0.5, 0.6) is 0 Å². The summed E-state index contributed by atoms with van der Waals surface area (Å²) < 4.78 is 14.4. The van der Waals surface area contributed by atoms with Gasteiger partial charge in [0, 0.05) is 38.5 Å². The Bertz CT molecular complexity index is 785. The van der Waals surface area contributed by atoms with E-state index >= 15 is 0 Å². The molecule has 0 N–H and O–H groups in total. The zero-order valence-electron chi connectivity index (χ0n) is 15.5. The molecule has 0 radical (unpaired) electrons. The smallest absolute Gasteiger partial charge is 0.410 e. The summed E-state index contributed by atoms with van der Waals surface area (Å²) in [5, 5.41) is 0. The van der Waals surface area contributed by atoms with Crippen molar-refractivity contribution in [2.24, 2.45) is 0 Å². The molecular weight excluding hydrogens is 348 g/mol. The lowest BCUT2D eigenvalue weighted by molar-refractivity contribution is -0.00131. The van der Waals surface area contributed by atoms with Crippen molar-refractivity contribution in [2.75, 3.05) is 19.6 Å². The molecule has 6 nitrogen and oxygen atoms in total. The van der Waals surface area contributed by atoms with E-state index < -0.39 is 0 Å². The predicted molar refractivity (Wildman–Crippen MR) is 102 cm³/mol. The summed E-state index contributed by atoms with van der Waals surface area (Å²) in [4.78, 5) is 16.7. The first-order valence-corrected chi connectivity index (χ1v) is 10.2. The van der Waals surface area contributed by atoms with Gasteiger partial charge in [0.25, 0.3) is 0 Å². The molecule has 2 saturated heterocycles. The molecule has 2 aliphatic rings. The van der Waals surface area contributed by atoms with Crippen LogP contribution in [0.3, 0.4) is 0 Å². The van der Waals surface area contributed by atoms with Gasteiger partial charge in [-0.1, -0.05) is 19.4 Å². The molecule has 2 fully saturated rings. The molecule has 0 aliphatic carbocycles. The Labute approximate surface area is 158 Å². The Morgan fingerprint density at radius 3 is 2.81 bits per heavy atom. The lowest BCUT2D eigenvalue weighted by atomic mass is 9.90. The van der Waals surface area contributed by atoms with Crippen LogP contribution >= 0.6 is 11.7 Å². The summed E-state index contributed by atoms with van der Waals surface area (Å²) >= 11 is 1.26. The average Bonchev–Trinajstić information content (AvgIpc) is 3.21. The van der Waals surface area contributed by atoms with E-state index in [2.05, 4.69) is 39.6 Å². The van der Waals surface area contributed by atoms with Crippen LogP contribution in [-0.4, -0.2) is 55.9 Å².